The molecule has 0 amide bonds. The first-order valence-electron chi connectivity index (χ1n) is 12.9. The summed E-state index contributed by atoms with van der Waals surface area (Å²) in [6.07, 6.45) is 19.4. The first kappa shape index (κ1) is 28.4. The number of rotatable bonds is 20. The van der Waals surface area contributed by atoms with E-state index >= 15 is 0 Å². The van der Waals surface area contributed by atoms with Crippen LogP contribution in [0.1, 0.15) is 77.0 Å². The fourth-order valence-electron chi connectivity index (χ4n) is 3.47. The molecule has 2 aromatic rings. The smallest absolute Gasteiger partial charge is 0.127 e. The van der Waals surface area contributed by atoms with Crippen molar-refractivity contribution in [1.82, 2.24) is 0 Å². The molecule has 35 heavy (non-hydrogen) atoms. The van der Waals surface area contributed by atoms with Crippen molar-refractivity contribution < 1.29 is 23.0 Å². The molecule has 0 radical (unpaired) electrons. The van der Waals surface area contributed by atoms with Crippen molar-refractivity contribution in [3.8, 4) is 23.0 Å². The first-order chi connectivity index (χ1) is 17.3. The summed E-state index contributed by atoms with van der Waals surface area (Å²) in [5.41, 5.74) is 0. The van der Waals surface area contributed by atoms with Crippen molar-refractivity contribution in [2.75, 3.05) is 13.3 Å². The maximum absolute atomic E-state index is 12.0. The van der Waals surface area contributed by atoms with Crippen LogP contribution in [-0.4, -0.2) is 13.3 Å². The van der Waals surface area contributed by atoms with E-state index in [-0.39, 0.29) is 13.3 Å². The largest absolute Gasteiger partial charge is 0.465 e. The van der Waals surface area contributed by atoms with Crippen molar-refractivity contribution in [2.24, 2.45) is 0 Å². The zero-order chi connectivity index (χ0) is 24.8. The number of alkyl halides is 2. The molecule has 0 aliphatic rings. The fraction of sp³-hybridized carbons (Fsp3) is 0.467. The second kappa shape index (κ2) is 19.5. The lowest BCUT2D eigenvalue weighted by Crippen LogP contribution is -1.87. The van der Waals surface area contributed by atoms with Crippen molar-refractivity contribution in [1.29, 1.82) is 0 Å². The third-order valence-corrected chi connectivity index (χ3v) is 5.49. The van der Waals surface area contributed by atoms with Crippen LogP contribution in [0.5, 0.6) is 23.0 Å². The Morgan fingerprint density at radius 2 is 0.800 bits per heavy atom. The monoisotopic (exact) mass is 486 g/mol. The molecule has 0 saturated heterocycles. The summed E-state index contributed by atoms with van der Waals surface area (Å²) in [6.45, 7) is -0.410. The fourth-order valence-corrected chi connectivity index (χ4v) is 3.47. The van der Waals surface area contributed by atoms with E-state index in [0.717, 1.165) is 87.2 Å². The van der Waals surface area contributed by atoms with Gasteiger partial charge in [-0.2, -0.15) is 0 Å². The summed E-state index contributed by atoms with van der Waals surface area (Å²) in [5, 5.41) is 0. The van der Waals surface area contributed by atoms with Gasteiger partial charge in [-0.3, -0.25) is 8.78 Å². The second-order valence-electron chi connectivity index (χ2n) is 8.51. The number of hydrogen-bond donors (Lipinski definition) is 0. The van der Waals surface area contributed by atoms with Gasteiger partial charge in [0.1, 0.15) is 23.0 Å². The van der Waals surface area contributed by atoms with Gasteiger partial charge in [-0.25, -0.2) is 0 Å². The van der Waals surface area contributed by atoms with Gasteiger partial charge in [0.2, 0.25) is 0 Å². The Morgan fingerprint density at radius 3 is 1.20 bits per heavy atom. The quantitative estimate of drug-likeness (QED) is 0.138. The summed E-state index contributed by atoms with van der Waals surface area (Å²) < 4.78 is 41.2. The number of hydrogen-bond acceptors (Lipinski definition) is 3. The maximum atomic E-state index is 12.0. The molecule has 2 rings (SSSR count). The van der Waals surface area contributed by atoms with Crippen LogP contribution in [0.2, 0.25) is 0 Å². The molecule has 0 saturated carbocycles. The van der Waals surface area contributed by atoms with Crippen molar-refractivity contribution >= 4 is 0 Å². The van der Waals surface area contributed by atoms with Crippen molar-refractivity contribution in [3.63, 3.8) is 0 Å². The molecule has 0 spiro atoms. The van der Waals surface area contributed by atoms with Crippen molar-refractivity contribution in [3.05, 3.63) is 73.2 Å². The molecular formula is C30H40F2O3. The van der Waals surface area contributed by atoms with E-state index in [1.165, 1.54) is 0 Å². The molecule has 192 valence electrons. The second-order valence-corrected chi connectivity index (χ2v) is 8.51. The predicted octanol–water partition coefficient (Wildman–Crippen LogP) is 9.88. The van der Waals surface area contributed by atoms with E-state index in [1.807, 2.05) is 60.7 Å². The summed E-state index contributed by atoms with van der Waals surface area (Å²) in [7, 11) is 0. The van der Waals surface area contributed by atoms with E-state index in [2.05, 4.69) is 0 Å². The molecule has 5 heteroatoms. The standard InChI is InChI=1S/C30H40F2O3/c31-23-11-7-3-1-5-9-13-25-33-27-15-19-29(20-16-27)35-30-21-17-28(18-22-30)34-26-14-10-6-2-4-8-12-24-32/h13-22,25-26H,1-12,23-24H2. The van der Waals surface area contributed by atoms with Gasteiger partial charge >= 0.3 is 0 Å². The van der Waals surface area contributed by atoms with Gasteiger partial charge in [0.15, 0.2) is 0 Å². The van der Waals surface area contributed by atoms with Gasteiger partial charge in [-0.15, -0.1) is 0 Å². The van der Waals surface area contributed by atoms with Gasteiger partial charge in [-0.05, 0) is 99.2 Å². The maximum Gasteiger partial charge on any atom is 0.127 e. The summed E-state index contributed by atoms with van der Waals surface area (Å²) in [5.74, 6) is 2.98. The molecule has 3 nitrogen and oxygen atoms in total. The van der Waals surface area contributed by atoms with E-state index in [1.54, 1.807) is 12.5 Å². The highest BCUT2D eigenvalue weighted by Crippen LogP contribution is 2.26. The molecule has 0 atom stereocenters. The third-order valence-electron chi connectivity index (χ3n) is 5.49. The predicted molar refractivity (Wildman–Crippen MR) is 140 cm³/mol. The summed E-state index contributed by atoms with van der Waals surface area (Å²) in [6, 6.07) is 15.0. The highest BCUT2D eigenvalue weighted by molar-refractivity contribution is 5.37. The minimum atomic E-state index is -0.205. The highest BCUT2D eigenvalue weighted by Gasteiger charge is 2.00. The zero-order valence-corrected chi connectivity index (χ0v) is 20.8. The van der Waals surface area contributed by atoms with Crippen molar-refractivity contribution in [2.45, 2.75) is 77.0 Å². The zero-order valence-electron chi connectivity index (χ0n) is 20.8. The van der Waals surface area contributed by atoms with Gasteiger partial charge in [0, 0.05) is 0 Å². The van der Waals surface area contributed by atoms with Gasteiger partial charge in [0.05, 0.1) is 25.9 Å². The molecule has 0 fully saturated rings. The normalized spacial score (nSPS) is 11.4. The lowest BCUT2D eigenvalue weighted by molar-refractivity contribution is 0.450. The van der Waals surface area contributed by atoms with Crippen LogP contribution in [0.3, 0.4) is 0 Å². The lowest BCUT2D eigenvalue weighted by atomic mass is 10.1. The number of unbranched alkanes of at least 4 members (excludes halogenated alkanes) is 10. The minimum Gasteiger partial charge on any atom is -0.465 e. The molecule has 0 aliphatic carbocycles. The van der Waals surface area contributed by atoms with Crippen LogP contribution in [0.15, 0.2) is 73.2 Å². The van der Waals surface area contributed by atoms with Crippen LogP contribution in [0.4, 0.5) is 8.78 Å². The van der Waals surface area contributed by atoms with Gasteiger partial charge < -0.3 is 14.2 Å². The Morgan fingerprint density at radius 1 is 0.457 bits per heavy atom. The van der Waals surface area contributed by atoms with E-state index in [4.69, 9.17) is 14.2 Å². The number of ether oxygens (including phenoxy) is 3. The molecule has 0 heterocycles. The van der Waals surface area contributed by atoms with Crippen LogP contribution in [0, 0.1) is 0 Å². The Bertz CT molecular complexity index is 747. The molecule has 0 N–H and O–H groups in total. The van der Waals surface area contributed by atoms with Gasteiger partial charge in [0.25, 0.3) is 0 Å². The Kier molecular flexibility index (Phi) is 15.8. The van der Waals surface area contributed by atoms with E-state index in [0.29, 0.717) is 12.8 Å². The minimum absolute atomic E-state index is 0.205. The molecule has 0 bridgehead atoms. The topological polar surface area (TPSA) is 27.7 Å². The van der Waals surface area contributed by atoms with E-state index < -0.39 is 0 Å². The third kappa shape index (κ3) is 14.2. The highest BCUT2D eigenvalue weighted by atomic mass is 19.1. The molecule has 0 aromatic heterocycles. The summed E-state index contributed by atoms with van der Waals surface area (Å²) in [4.78, 5) is 0. The average molecular weight is 487 g/mol. The lowest BCUT2D eigenvalue weighted by Gasteiger charge is -2.07. The molecule has 0 unspecified atom stereocenters. The molecular weight excluding hydrogens is 446 g/mol. The van der Waals surface area contributed by atoms with Crippen LogP contribution in [-0.2, 0) is 0 Å². The Balaban J connectivity index is 1.61. The van der Waals surface area contributed by atoms with Crippen LogP contribution >= 0.6 is 0 Å². The van der Waals surface area contributed by atoms with E-state index in [9.17, 15) is 8.78 Å². The SMILES string of the molecule is FCCCCCCCC=COc1ccc(Oc2ccc(OC=CCCCCCCCF)cc2)cc1. The number of halogens is 2. The number of allylic oxidation sites excluding steroid dienone is 2. The van der Waals surface area contributed by atoms with Gasteiger partial charge in [-0.1, -0.05) is 38.5 Å². The number of benzene rings is 2. The van der Waals surface area contributed by atoms with Crippen LogP contribution < -0.4 is 14.2 Å². The first-order valence-corrected chi connectivity index (χ1v) is 12.9. The molecule has 2 aromatic carbocycles. The van der Waals surface area contributed by atoms with Crippen LogP contribution in [0.25, 0.3) is 0 Å². The average Bonchev–Trinajstić information content (AvgIpc) is 2.88. The molecule has 0 aliphatic heterocycles. The Labute approximate surface area is 209 Å². The Hall–Kier alpha value is -2.82. The summed E-state index contributed by atoms with van der Waals surface area (Å²) >= 11 is 0.